The number of furan rings is 1. The largest absolute Gasteiger partial charge is 0.455 e. The second-order valence-corrected chi connectivity index (χ2v) is 13.4. The van der Waals surface area contributed by atoms with E-state index in [-0.39, 0.29) is 0 Å². The molecule has 0 atom stereocenters. The van der Waals surface area contributed by atoms with E-state index in [0.717, 1.165) is 82.4 Å². The first-order valence-corrected chi connectivity index (χ1v) is 17.6. The number of para-hydroxylation sites is 1. The number of benzene rings is 8. The van der Waals surface area contributed by atoms with Gasteiger partial charge in [-0.1, -0.05) is 146 Å². The van der Waals surface area contributed by atoms with Crippen molar-refractivity contribution >= 4 is 65.4 Å². The van der Waals surface area contributed by atoms with Gasteiger partial charge >= 0.3 is 0 Å². The lowest BCUT2D eigenvalue weighted by Gasteiger charge is -2.12. The van der Waals surface area contributed by atoms with Gasteiger partial charge in [0.25, 0.3) is 0 Å². The maximum atomic E-state index is 6.85. The number of hydrogen-bond acceptors (Lipinski definition) is 3. The normalized spacial score (nSPS) is 11.8. The molecule has 0 radical (unpaired) electrons. The summed E-state index contributed by atoms with van der Waals surface area (Å²) in [6, 6.07) is 61.9. The molecule has 0 aliphatic carbocycles. The molecule has 0 saturated heterocycles. The van der Waals surface area contributed by atoms with E-state index in [1.165, 1.54) is 16.5 Å². The van der Waals surface area contributed by atoms with Gasteiger partial charge in [-0.05, 0) is 51.9 Å². The monoisotopic (exact) mass is 663 g/mol. The van der Waals surface area contributed by atoms with Crippen molar-refractivity contribution in [3.05, 3.63) is 176 Å². The first-order chi connectivity index (χ1) is 25.8. The molecule has 4 heteroatoms. The van der Waals surface area contributed by atoms with E-state index in [4.69, 9.17) is 14.4 Å². The van der Waals surface area contributed by atoms with Gasteiger partial charge in [-0.25, -0.2) is 9.97 Å². The summed E-state index contributed by atoms with van der Waals surface area (Å²) < 4.78 is 9.07. The summed E-state index contributed by atoms with van der Waals surface area (Å²) in [7, 11) is 0. The van der Waals surface area contributed by atoms with Gasteiger partial charge in [0.05, 0.1) is 22.2 Å². The van der Waals surface area contributed by atoms with Gasteiger partial charge < -0.3 is 4.42 Å². The zero-order chi connectivity index (χ0) is 34.2. The maximum absolute atomic E-state index is 6.85. The van der Waals surface area contributed by atoms with Crippen molar-refractivity contribution in [1.29, 1.82) is 0 Å². The molecule has 0 spiro atoms. The summed E-state index contributed by atoms with van der Waals surface area (Å²) in [6.07, 6.45) is 0. The van der Waals surface area contributed by atoms with Gasteiger partial charge in [0.1, 0.15) is 11.2 Å². The van der Waals surface area contributed by atoms with E-state index in [1.807, 2.05) is 12.1 Å². The van der Waals surface area contributed by atoms with Crippen molar-refractivity contribution < 1.29 is 4.42 Å². The van der Waals surface area contributed by atoms with Crippen LogP contribution >= 0.6 is 0 Å². The van der Waals surface area contributed by atoms with Gasteiger partial charge in [0.15, 0.2) is 0 Å². The highest BCUT2D eigenvalue weighted by molar-refractivity contribution is 6.23. The highest BCUT2D eigenvalue weighted by Gasteiger charge is 2.21. The van der Waals surface area contributed by atoms with Crippen LogP contribution in [0.5, 0.6) is 0 Å². The van der Waals surface area contributed by atoms with Gasteiger partial charge in [0, 0.05) is 43.9 Å². The van der Waals surface area contributed by atoms with E-state index in [1.54, 1.807) is 0 Å². The number of rotatable bonds is 4. The van der Waals surface area contributed by atoms with E-state index in [0.29, 0.717) is 5.95 Å². The summed E-state index contributed by atoms with van der Waals surface area (Å²) in [5, 5.41) is 7.73. The SMILES string of the molecule is c1ccc(-c2ccc3c4cc5c(cc4n(-c4nc(-c6ccccc6)c6ccccc6n4)c3c2)oc2c3ccccc3c(-c3ccccc3)cc52)cc1. The molecule has 0 aliphatic rings. The third kappa shape index (κ3) is 4.34. The average Bonchev–Trinajstić information content (AvgIpc) is 3.74. The fourth-order valence-corrected chi connectivity index (χ4v) is 7.97. The molecule has 11 rings (SSSR count). The Balaban J connectivity index is 1.26. The van der Waals surface area contributed by atoms with Crippen molar-refractivity contribution in [2.24, 2.45) is 0 Å². The second-order valence-electron chi connectivity index (χ2n) is 13.4. The molecule has 0 fully saturated rings. The van der Waals surface area contributed by atoms with Crippen molar-refractivity contribution in [2.75, 3.05) is 0 Å². The van der Waals surface area contributed by atoms with Crippen molar-refractivity contribution in [1.82, 2.24) is 14.5 Å². The topological polar surface area (TPSA) is 43.9 Å². The molecule has 0 saturated carbocycles. The Morgan fingerprint density at radius 2 is 1.02 bits per heavy atom. The minimum absolute atomic E-state index is 0.620. The molecular formula is C48H29N3O. The highest BCUT2D eigenvalue weighted by Crippen LogP contribution is 2.43. The lowest BCUT2D eigenvalue weighted by molar-refractivity contribution is 0.673. The Kier molecular flexibility index (Phi) is 6.22. The molecule has 0 N–H and O–H groups in total. The van der Waals surface area contributed by atoms with Crippen LogP contribution in [0, 0.1) is 0 Å². The fraction of sp³-hybridized carbons (Fsp3) is 0. The molecule has 3 heterocycles. The first kappa shape index (κ1) is 28.8. The number of aromatic nitrogens is 3. The Morgan fingerprint density at radius 3 is 1.79 bits per heavy atom. The second kappa shape index (κ2) is 11.2. The smallest absolute Gasteiger partial charge is 0.235 e. The fourth-order valence-electron chi connectivity index (χ4n) is 7.97. The predicted octanol–water partition coefficient (Wildman–Crippen LogP) is 12.8. The summed E-state index contributed by atoms with van der Waals surface area (Å²) >= 11 is 0. The molecule has 8 aromatic carbocycles. The zero-order valence-corrected chi connectivity index (χ0v) is 28.0. The van der Waals surface area contributed by atoms with Gasteiger partial charge in [-0.15, -0.1) is 0 Å². The predicted molar refractivity (Wildman–Crippen MR) is 215 cm³/mol. The third-order valence-electron chi connectivity index (χ3n) is 10.4. The third-order valence-corrected chi connectivity index (χ3v) is 10.4. The molecule has 3 aromatic heterocycles. The van der Waals surface area contributed by atoms with E-state index >= 15 is 0 Å². The van der Waals surface area contributed by atoms with Crippen LogP contribution in [0.2, 0.25) is 0 Å². The molecular weight excluding hydrogens is 635 g/mol. The van der Waals surface area contributed by atoms with E-state index in [9.17, 15) is 0 Å². The summed E-state index contributed by atoms with van der Waals surface area (Å²) in [4.78, 5) is 10.6. The van der Waals surface area contributed by atoms with Crippen LogP contribution < -0.4 is 0 Å². The Bertz CT molecular complexity index is 3160. The Morgan fingerprint density at radius 1 is 0.385 bits per heavy atom. The lowest BCUT2D eigenvalue weighted by Crippen LogP contribution is -2.03. The molecule has 52 heavy (non-hydrogen) atoms. The van der Waals surface area contributed by atoms with Gasteiger partial charge in [0.2, 0.25) is 5.95 Å². The van der Waals surface area contributed by atoms with Crippen LogP contribution in [0.25, 0.3) is 105 Å². The van der Waals surface area contributed by atoms with Crippen LogP contribution in [0.1, 0.15) is 0 Å². The molecule has 0 bridgehead atoms. The van der Waals surface area contributed by atoms with Crippen molar-refractivity contribution in [3.63, 3.8) is 0 Å². The average molecular weight is 664 g/mol. The van der Waals surface area contributed by atoms with Crippen LogP contribution in [-0.4, -0.2) is 14.5 Å². The standard InChI is InChI=1S/C48H29N3O/c1-4-14-30(15-5-1)33-24-25-35-39-28-40-41-27-38(31-16-6-2-7-17-31)34-20-10-11-21-36(34)47(41)52-45(40)29-44(39)51(43(35)26-33)48-49-42-23-13-12-22-37(42)46(50-48)32-18-8-3-9-19-32/h1-29H. The van der Waals surface area contributed by atoms with Crippen LogP contribution in [-0.2, 0) is 0 Å². The van der Waals surface area contributed by atoms with Crippen LogP contribution in [0.3, 0.4) is 0 Å². The quantitative estimate of drug-likeness (QED) is 0.188. The molecule has 0 aliphatic heterocycles. The molecule has 0 unspecified atom stereocenters. The minimum Gasteiger partial charge on any atom is -0.455 e. The first-order valence-electron chi connectivity index (χ1n) is 17.6. The molecule has 242 valence electrons. The highest BCUT2D eigenvalue weighted by atomic mass is 16.3. The van der Waals surface area contributed by atoms with Crippen LogP contribution in [0.15, 0.2) is 180 Å². The van der Waals surface area contributed by atoms with Crippen molar-refractivity contribution in [3.8, 4) is 39.5 Å². The van der Waals surface area contributed by atoms with Gasteiger partial charge in [-0.2, -0.15) is 0 Å². The summed E-state index contributed by atoms with van der Waals surface area (Å²) in [5.74, 6) is 0.620. The Labute approximate surface area is 298 Å². The summed E-state index contributed by atoms with van der Waals surface area (Å²) in [5.41, 5.74) is 11.3. The van der Waals surface area contributed by atoms with Crippen LogP contribution in [0.4, 0.5) is 0 Å². The van der Waals surface area contributed by atoms with E-state index in [2.05, 4.69) is 168 Å². The van der Waals surface area contributed by atoms with Crippen molar-refractivity contribution in [2.45, 2.75) is 0 Å². The number of nitrogens with zero attached hydrogens (tertiary/aromatic N) is 3. The molecule has 11 aromatic rings. The number of fused-ring (bicyclic) bond motifs is 9. The van der Waals surface area contributed by atoms with E-state index < -0.39 is 0 Å². The minimum atomic E-state index is 0.620. The van der Waals surface area contributed by atoms with Gasteiger partial charge in [-0.3, -0.25) is 4.57 Å². The number of hydrogen-bond donors (Lipinski definition) is 0. The summed E-state index contributed by atoms with van der Waals surface area (Å²) in [6.45, 7) is 0. The maximum Gasteiger partial charge on any atom is 0.235 e. The molecule has 4 nitrogen and oxygen atoms in total. The zero-order valence-electron chi connectivity index (χ0n) is 28.0. The lowest BCUT2D eigenvalue weighted by atomic mass is 9.95. The molecule has 0 amide bonds. The Hall–Kier alpha value is -7.04.